The lowest BCUT2D eigenvalue weighted by Gasteiger charge is -2.32. The van der Waals surface area contributed by atoms with Crippen LogP contribution in [-0.2, 0) is 14.3 Å². The highest BCUT2D eigenvalue weighted by Crippen LogP contribution is 2.44. The van der Waals surface area contributed by atoms with Gasteiger partial charge in [-0.2, -0.15) is 11.3 Å². The predicted molar refractivity (Wildman–Crippen MR) is 167 cm³/mol. The van der Waals surface area contributed by atoms with Crippen LogP contribution in [0.15, 0.2) is 75.8 Å². The number of hydrogen-bond acceptors (Lipinski definition) is 8. The van der Waals surface area contributed by atoms with Crippen molar-refractivity contribution in [3.63, 3.8) is 0 Å². The fourth-order valence-electron chi connectivity index (χ4n) is 5.50. The Morgan fingerprint density at radius 1 is 1.36 bits per heavy atom. The Morgan fingerprint density at radius 2 is 2.24 bits per heavy atom. The van der Waals surface area contributed by atoms with E-state index in [1.54, 1.807) is 24.7 Å². The molecule has 0 radical (unpaired) electrons. The number of anilines is 1. The number of benzene rings is 1. The molecule has 218 valence electrons. The Kier molecular flexibility index (Phi) is 9.41. The summed E-state index contributed by atoms with van der Waals surface area (Å²) in [5, 5.41) is 7.22. The van der Waals surface area contributed by atoms with Crippen LogP contribution >= 0.6 is 11.3 Å². The van der Waals surface area contributed by atoms with Crippen molar-refractivity contribution in [3.05, 3.63) is 81.9 Å². The van der Waals surface area contributed by atoms with Gasteiger partial charge in [0.2, 0.25) is 0 Å². The monoisotopic (exact) mass is 585 g/mol. The Labute approximate surface area is 250 Å². The molecule has 0 bridgehead atoms. The third-order valence-electron chi connectivity index (χ3n) is 7.61. The van der Waals surface area contributed by atoms with E-state index in [0.29, 0.717) is 49.1 Å². The van der Waals surface area contributed by atoms with Gasteiger partial charge in [0.25, 0.3) is 5.91 Å². The lowest BCUT2D eigenvalue weighted by molar-refractivity contribution is -0.149. The molecule has 3 aliphatic rings. The highest BCUT2D eigenvalue weighted by Gasteiger charge is 2.32. The topological polar surface area (TPSA) is 89.5 Å². The summed E-state index contributed by atoms with van der Waals surface area (Å²) in [5.41, 5.74) is 9.02. The van der Waals surface area contributed by atoms with Crippen LogP contribution in [0.4, 0.5) is 5.69 Å². The van der Waals surface area contributed by atoms with Crippen molar-refractivity contribution in [1.29, 1.82) is 0 Å². The number of rotatable bonds is 10. The highest BCUT2D eigenvalue weighted by molar-refractivity contribution is 7.08. The Bertz CT molecular complexity index is 1510. The van der Waals surface area contributed by atoms with E-state index < -0.39 is 0 Å². The number of aliphatic imine (C=N–C) groups is 1. The minimum absolute atomic E-state index is 0.133. The van der Waals surface area contributed by atoms with Gasteiger partial charge in [0.05, 0.1) is 30.7 Å². The van der Waals surface area contributed by atoms with E-state index in [1.807, 2.05) is 36.6 Å². The van der Waals surface area contributed by atoms with Crippen molar-refractivity contribution < 1.29 is 23.8 Å². The number of carbonyl (C=O) groups excluding carboxylic acids is 2. The SMILES string of the molecule is C=CN=C/C(=C\C)c1cc2c(cc1OC)OCC1=C2N(c2ccsc2)CC=C=C1C(=O)NCCCC1CCOC(=O)C1. The van der Waals surface area contributed by atoms with Gasteiger partial charge in [-0.15, -0.1) is 5.73 Å². The van der Waals surface area contributed by atoms with Crippen LogP contribution in [0, 0.1) is 5.92 Å². The van der Waals surface area contributed by atoms with Crippen LogP contribution in [0.2, 0.25) is 0 Å². The minimum Gasteiger partial charge on any atom is -0.496 e. The molecule has 1 saturated heterocycles. The van der Waals surface area contributed by atoms with Crippen LogP contribution in [0.5, 0.6) is 11.5 Å². The van der Waals surface area contributed by atoms with Gasteiger partial charge >= 0.3 is 5.97 Å². The van der Waals surface area contributed by atoms with Crippen molar-refractivity contribution in [2.75, 3.05) is 38.3 Å². The Hall–Kier alpha value is -4.33. The number of allylic oxidation sites excluding steroid dienone is 2. The lowest BCUT2D eigenvalue weighted by Crippen LogP contribution is -2.31. The zero-order chi connectivity index (χ0) is 29.5. The van der Waals surface area contributed by atoms with Gasteiger partial charge in [-0.25, -0.2) is 0 Å². The average Bonchev–Trinajstić information content (AvgIpc) is 3.47. The molecule has 4 heterocycles. The van der Waals surface area contributed by atoms with Crippen molar-refractivity contribution in [3.8, 4) is 11.5 Å². The number of methoxy groups -OCH3 is 1. The first-order valence-electron chi connectivity index (χ1n) is 14.1. The largest absolute Gasteiger partial charge is 0.496 e. The molecule has 1 fully saturated rings. The second kappa shape index (κ2) is 13.6. The lowest BCUT2D eigenvalue weighted by atomic mass is 9.93. The van der Waals surface area contributed by atoms with Gasteiger partial charge in [0, 0.05) is 60.1 Å². The van der Waals surface area contributed by atoms with Crippen molar-refractivity contribution in [2.24, 2.45) is 10.9 Å². The summed E-state index contributed by atoms with van der Waals surface area (Å²) in [4.78, 5) is 31.6. The first-order valence-corrected chi connectivity index (χ1v) is 15.1. The van der Waals surface area contributed by atoms with Gasteiger partial charge in [0.1, 0.15) is 18.1 Å². The van der Waals surface area contributed by atoms with E-state index in [-0.39, 0.29) is 18.5 Å². The molecule has 1 unspecified atom stereocenters. The van der Waals surface area contributed by atoms with Gasteiger partial charge < -0.3 is 24.4 Å². The number of amides is 1. The smallest absolute Gasteiger partial charge is 0.306 e. The molecular formula is C33H35N3O5S. The summed E-state index contributed by atoms with van der Waals surface area (Å²) in [6, 6.07) is 6.01. The number of thiophene rings is 1. The normalized spacial score (nSPS) is 18.5. The summed E-state index contributed by atoms with van der Waals surface area (Å²) >= 11 is 1.62. The van der Waals surface area contributed by atoms with E-state index in [2.05, 4.69) is 39.0 Å². The van der Waals surface area contributed by atoms with Crippen LogP contribution in [0.25, 0.3) is 11.3 Å². The number of esters is 1. The zero-order valence-corrected chi connectivity index (χ0v) is 24.8. The first kappa shape index (κ1) is 29.2. The molecule has 1 aromatic heterocycles. The third-order valence-corrected chi connectivity index (χ3v) is 8.28. The average molecular weight is 586 g/mol. The number of ether oxygens (including phenoxy) is 3. The Balaban J connectivity index is 1.49. The van der Waals surface area contributed by atoms with Gasteiger partial charge in [-0.3, -0.25) is 14.6 Å². The Morgan fingerprint density at radius 3 is 2.98 bits per heavy atom. The number of hydrogen-bond donors (Lipinski definition) is 1. The maximum absolute atomic E-state index is 13.6. The quantitative estimate of drug-likeness (QED) is 0.161. The predicted octanol–water partition coefficient (Wildman–Crippen LogP) is 5.93. The molecule has 1 N–H and O–H groups in total. The minimum atomic E-state index is -0.193. The van der Waals surface area contributed by atoms with Crippen molar-refractivity contribution >= 4 is 46.4 Å². The fourth-order valence-corrected chi connectivity index (χ4v) is 6.14. The summed E-state index contributed by atoms with van der Waals surface area (Å²) in [6.45, 7) is 7.39. The summed E-state index contributed by atoms with van der Waals surface area (Å²) in [5.74, 6) is 1.32. The molecule has 0 saturated carbocycles. The number of fused-ring (bicyclic) bond motifs is 2. The van der Waals surface area contributed by atoms with E-state index in [4.69, 9.17) is 14.2 Å². The van der Waals surface area contributed by atoms with E-state index in [1.165, 1.54) is 6.20 Å². The molecule has 1 aromatic carbocycles. The molecule has 0 spiro atoms. The molecule has 9 heteroatoms. The second-order valence-corrected chi connectivity index (χ2v) is 10.9. The van der Waals surface area contributed by atoms with Crippen molar-refractivity contribution in [1.82, 2.24) is 5.32 Å². The van der Waals surface area contributed by atoms with Crippen LogP contribution < -0.4 is 19.7 Å². The number of nitrogens with one attached hydrogen (secondary N) is 1. The summed E-state index contributed by atoms with van der Waals surface area (Å²) in [7, 11) is 1.63. The van der Waals surface area contributed by atoms with E-state index in [0.717, 1.165) is 52.9 Å². The molecule has 1 atom stereocenters. The maximum atomic E-state index is 13.6. The molecule has 2 aromatic rings. The molecule has 3 aliphatic heterocycles. The highest BCUT2D eigenvalue weighted by atomic mass is 32.1. The maximum Gasteiger partial charge on any atom is 0.306 e. The standard InChI is InChI=1S/C33H35N3O5S/c1-4-23(19-34-5-2)26-17-27-30(18-29(26)39-3)41-20-28-25(9-7-13-36(32(27)28)24-11-15-42-21-24)33(38)35-12-6-8-22-10-14-40-31(37)16-22/h4-5,7,11,15,17-19,21-22H,2,6,8,10,12-14,16,20H2,1,3H3,(H,35,38)/b23-4+,34-19?. The molecule has 8 nitrogen and oxygen atoms in total. The van der Waals surface area contributed by atoms with Gasteiger partial charge in [0.15, 0.2) is 0 Å². The van der Waals surface area contributed by atoms with E-state index >= 15 is 0 Å². The molecular weight excluding hydrogens is 550 g/mol. The van der Waals surface area contributed by atoms with Gasteiger partial charge in [-0.1, -0.05) is 12.7 Å². The number of cyclic esters (lactones) is 1. The number of nitrogens with zero attached hydrogens (tertiary/aromatic N) is 2. The summed E-state index contributed by atoms with van der Waals surface area (Å²) in [6.07, 6.45) is 10.1. The molecule has 42 heavy (non-hydrogen) atoms. The van der Waals surface area contributed by atoms with Crippen LogP contribution in [0.3, 0.4) is 0 Å². The van der Waals surface area contributed by atoms with Crippen molar-refractivity contribution in [2.45, 2.75) is 32.6 Å². The van der Waals surface area contributed by atoms with Gasteiger partial charge in [-0.05, 0) is 61.3 Å². The first-order chi connectivity index (χ1) is 20.5. The van der Waals surface area contributed by atoms with Crippen LogP contribution in [0.1, 0.15) is 43.7 Å². The zero-order valence-electron chi connectivity index (χ0n) is 24.0. The third kappa shape index (κ3) is 6.27. The second-order valence-electron chi connectivity index (χ2n) is 10.2. The molecule has 1 amide bonds. The van der Waals surface area contributed by atoms with Crippen LogP contribution in [-0.4, -0.2) is 51.5 Å². The van der Waals surface area contributed by atoms with E-state index in [9.17, 15) is 9.59 Å². The molecule has 5 rings (SSSR count). The number of carbonyl (C=O) groups is 2. The summed E-state index contributed by atoms with van der Waals surface area (Å²) < 4.78 is 17.1. The molecule has 0 aliphatic carbocycles. The fraction of sp³-hybridized carbons (Fsp3) is 0.333.